The molecule has 2 saturated carbocycles. The molecule has 0 bridgehead atoms. The summed E-state index contributed by atoms with van der Waals surface area (Å²) in [6.45, 7) is 4.19. The lowest BCUT2D eigenvalue weighted by molar-refractivity contribution is -0.163. The molecule has 0 aromatic rings. The van der Waals surface area contributed by atoms with Crippen molar-refractivity contribution in [2.24, 2.45) is 17.8 Å². The van der Waals surface area contributed by atoms with Crippen molar-refractivity contribution in [1.82, 2.24) is 0 Å². The molecule has 3 unspecified atom stereocenters. The number of ether oxygens (including phenoxy) is 1. The molecule has 0 aromatic carbocycles. The van der Waals surface area contributed by atoms with Crippen LogP contribution in [0.15, 0.2) is 0 Å². The lowest BCUT2D eigenvalue weighted by Crippen LogP contribution is -2.46. The van der Waals surface area contributed by atoms with Gasteiger partial charge in [0.1, 0.15) is 0 Å². The van der Waals surface area contributed by atoms with E-state index in [1.807, 2.05) is 13.8 Å². The largest absolute Gasteiger partial charge is 0.466 e. The van der Waals surface area contributed by atoms with Crippen molar-refractivity contribution < 1.29 is 14.6 Å². The number of hydrogen-bond acceptors (Lipinski definition) is 3. The molecule has 3 atom stereocenters. The molecule has 0 heterocycles. The molecule has 3 heteroatoms. The fourth-order valence-electron chi connectivity index (χ4n) is 3.62. The Morgan fingerprint density at radius 3 is 2.61 bits per heavy atom. The summed E-state index contributed by atoms with van der Waals surface area (Å²) in [5.74, 6) is 0.904. The summed E-state index contributed by atoms with van der Waals surface area (Å²) in [6.07, 6.45) is 7.14. The van der Waals surface area contributed by atoms with Gasteiger partial charge in [-0.2, -0.15) is 0 Å². The fraction of sp³-hybridized carbons (Fsp3) is 0.933. The summed E-state index contributed by atoms with van der Waals surface area (Å²) >= 11 is 0. The van der Waals surface area contributed by atoms with Gasteiger partial charge in [0.15, 0.2) is 0 Å². The van der Waals surface area contributed by atoms with Crippen LogP contribution in [0.25, 0.3) is 0 Å². The average Bonchev–Trinajstić information content (AvgIpc) is 3.13. The van der Waals surface area contributed by atoms with Gasteiger partial charge >= 0.3 is 5.97 Å². The van der Waals surface area contributed by atoms with E-state index in [1.54, 1.807) is 0 Å². The van der Waals surface area contributed by atoms with Crippen molar-refractivity contribution in [2.75, 3.05) is 6.61 Å². The number of carbonyl (C=O) groups is 1. The van der Waals surface area contributed by atoms with Crippen LogP contribution < -0.4 is 0 Å². The summed E-state index contributed by atoms with van der Waals surface area (Å²) in [4.78, 5) is 12.0. The molecule has 0 radical (unpaired) electrons. The molecule has 18 heavy (non-hydrogen) atoms. The van der Waals surface area contributed by atoms with Gasteiger partial charge in [-0.05, 0) is 57.3 Å². The van der Waals surface area contributed by atoms with Gasteiger partial charge in [-0.15, -0.1) is 0 Å². The van der Waals surface area contributed by atoms with Gasteiger partial charge < -0.3 is 9.84 Å². The quantitative estimate of drug-likeness (QED) is 0.767. The maximum Gasteiger partial charge on any atom is 0.311 e. The molecule has 1 N–H and O–H groups in total. The minimum Gasteiger partial charge on any atom is -0.466 e. The summed E-state index contributed by atoms with van der Waals surface area (Å²) < 4.78 is 5.13. The average molecular weight is 254 g/mol. The van der Waals surface area contributed by atoms with Gasteiger partial charge in [-0.1, -0.05) is 13.3 Å². The van der Waals surface area contributed by atoms with E-state index in [2.05, 4.69) is 0 Å². The van der Waals surface area contributed by atoms with E-state index in [0.29, 0.717) is 18.9 Å². The number of esters is 1. The molecule has 0 aromatic heterocycles. The fourth-order valence-corrected chi connectivity index (χ4v) is 3.62. The molecule has 2 aliphatic rings. The molecule has 0 spiro atoms. The predicted octanol–water partition coefficient (Wildman–Crippen LogP) is 2.91. The standard InChI is InChI=1S/C15H26O3/c1-3-13(14(16)18-4-2)15(17)9-5-6-12(10-15)11-7-8-11/h11-13,17H,3-10H2,1-2H3. The number of carbonyl (C=O) groups excluding carboxylic acids is 1. The molecule has 2 rings (SSSR count). The second-order valence-corrected chi connectivity index (χ2v) is 6.01. The highest BCUT2D eigenvalue weighted by atomic mass is 16.5. The van der Waals surface area contributed by atoms with Crippen LogP contribution in [0.3, 0.4) is 0 Å². The molecular weight excluding hydrogens is 228 g/mol. The Morgan fingerprint density at radius 1 is 1.33 bits per heavy atom. The van der Waals surface area contributed by atoms with Gasteiger partial charge in [0.05, 0.1) is 18.1 Å². The van der Waals surface area contributed by atoms with Crippen LogP contribution in [0.1, 0.15) is 58.8 Å². The highest BCUT2D eigenvalue weighted by molar-refractivity contribution is 5.73. The van der Waals surface area contributed by atoms with E-state index in [9.17, 15) is 9.90 Å². The first kappa shape index (κ1) is 13.9. The van der Waals surface area contributed by atoms with Gasteiger partial charge in [-0.25, -0.2) is 0 Å². The van der Waals surface area contributed by atoms with Crippen molar-refractivity contribution in [3.8, 4) is 0 Å². The van der Waals surface area contributed by atoms with Crippen LogP contribution in [-0.4, -0.2) is 23.3 Å². The lowest BCUT2D eigenvalue weighted by atomic mass is 9.69. The second kappa shape index (κ2) is 5.60. The Bertz CT molecular complexity index is 298. The zero-order valence-electron chi connectivity index (χ0n) is 11.7. The van der Waals surface area contributed by atoms with Crippen molar-refractivity contribution in [2.45, 2.75) is 64.4 Å². The monoisotopic (exact) mass is 254 g/mol. The Morgan fingerprint density at radius 2 is 2.06 bits per heavy atom. The van der Waals surface area contributed by atoms with Crippen LogP contribution in [0.4, 0.5) is 0 Å². The molecule has 0 saturated heterocycles. The highest BCUT2D eigenvalue weighted by Crippen LogP contribution is 2.48. The molecule has 104 valence electrons. The van der Waals surface area contributed by atoms with E-state index in [0.717, 1.165) is 25.2 Å². The maximum absolute atomic E-state index is 12.0. The van der Waals surface area contributed by atoms with Crippen LogP contribution in [0.5, 0.6) is 0 Å². The first-order chi connectivity index (χ1) is 8.60. The van der Waals surface area contributed by atoms with E-state index in [-0.39, 0.29) is 11.9 Å². The minimum absolute atomic E-state index is 0.209. The maximum atomic E-state index is 12.0. The van der Waals surface area contributed by atoms with Crippen molar-refractivity contribution in [3.63, 3.8) is 0 Å². The Balaban J connectivity index is 2.04. The Kier molecular flexibility index (Phi) is 4.31. The minimum atomic E-state index is -0.813. The van der Waals surface area contributed by atoms with Crippen LogP contribution in [0.2, 0.25) is 0 Å². The number of aliphatic hydroxyl groups is 1. The lowest BCUT2D eigenvalue weighted by Gasteiger charge is -2.41. The van der Waals surface area contributed by atoms with Crippen molar-refractivity contribution in [3.05, 3.63) is 0 Å². The van der Waals surface area contributed by atoms with Crippen LogP contribution >= 0.6 is 0 Å². The SMILES string of the molecule is CCOC(=O)C(CC)C1(O)CCCC(C2CC2)C1. The summed E-state index contributed by atoms with van der Waals surface area (Å²) in [6, 6.07) is 0. The third-order valence-corrected chi connectivity index (χ3v) is 4.72. The highest BCUT2D eigenvalue weighted by Gasteiger charge is 2.47. The van der Waals surface area contributed by atoms with Gasteiger partial charge in [0.25, 0.3) is 0 Å². The first-order valence-corrected chi connectivity index (χ1v) is 7.49. The number of rotatable bonds is 5. The second-order valence-electron chi connectivity index (χ2n) is 6.01. The number of hydrogen-bond donors (Lipinski definition) is 1. The van der Waals surface area contributed by atoms with Gasteiger partial charge in [-0.3, -0.25) is 4.79 Å². The Hall–Kier alpha value is -0.570. The van der Waals surface area contributed by atoms with E-state index in [4.69, 9.17) is 4.74 Å². The summed E-state index contributed by atoms with van der Waals surface area (Å²) in [5.41, 5.74) is -0.813. The normalized spacial score (nSPS) is 34.1. The summed E-state index contributed by atoms with van der Waals surface area (Å²) in [5, 5.41) is 10.9. The third kappa shape index (κ3) is 2.87. The Labute approximate surface area is 110 Å². The zero-order valence-corrected chi connectivity index (χ0v) is 11.7. The van der Waals surface area contributed by atoms with E-state index >= 15 is 0 Å². The molecular formula is C15H26O3. The summed E-state index contributed by atoms with van der Waals surface area (Å²) in [7, 11) is 0. The zero-order chi connectivity index (χ0) is 13.2. The molecule has 2 aliphatic carbocycles. The van der Waals surface area contributed by atoms with Gasteiger partial charge in [0, 0.05) is 0 Å². The van der Waals surface area contributed by atoms with Crippen molar-refractivity contribution >= 4 is 5.97 Å². The van der Waals surface area contributed by atoms with Gasteiger partial charge in [0.2, 0.25) is 0 Å². The van der Waals surface area contributed by atoms with Crippen LogP contribution in [0, 0.1) is 17.8 Å². The third-order valence-electron chi connectivity index (χ3n) is 4.72. The molecule has 0 amide bonds. The first-order valence-electron chi connectivity index (χ1n) is 7.49. The molecule has 0 aliphatic heterocycles. The molecule has 3 nitrogen and oxygen atoms in total. The smallest absolute Gasteiger partial charge is 0.311 e. The van der Waals surface area contributed by atoms with E-state index < -0.39 is 5.60 Å². The van der Waals surface area contributed by atoms with E-state index in [1.165, 1.54) is 19.3 Å². The topological polar surface area (TPSA) is 46.5 Å². The van der Waals surface area contributed by atoms with Crippen molar-refractivity contribution in [1.29, 1.82) is 0 Å². The van der Waals surface area contributed by atoms with Crippen LogP contribution in [-0.2, 0) is 9.53 Å². The molecule has 2 fully saturated rings. The predicted molar refractivity (Wildman–Crippen MR) is 70.0 cm³/mol.